The summed E-state index contributed by atoms with van der Waals surface area (Å²) in [5.74, 6) is -1.15. The van der Waals surface area contributed by atoms with E-state index < -0.39 is 11.9 Å². The summed E-state index contributed by atoms with van der Waals surface area (Å²) in [6, 6.07) is 4.26. The highest BCUT2D eigenvalue weighted by Gasteiger charge is 2.15. The van der Waals surface area contributed by atoms with Gasteiger partial charge in [0.05, 0.1) is 11.3 Å². The average Bonchev–Trinajstić information content (AvgIpc) is 2.95. The van der Waals surface area contributed by atoms with Gasteiger partial charge in [-0.1, -0.05) is 0 Å². The predicted molar refractivity (Wildman–Crippen MR) is 68.7 cm³/mol. The maximum absolute atomic E-state index is 13.7. The second-order valence-corrected chi connectivity index (χ2v) is 4.47. The van der Waals surface area contributed by atoms with Crippen LogP contribution in [-0.4, -0.2) is 24.7 Å². The Labute approximate surface area is 113 Å². The van der Waals surface area contributed by atoms with Crippen LogP contribution in [0.4, 0.5) is 8.78 Å². The van der Waals surface area contributed by atoms with Crippen molar-refractivity contribution in [3.8, 4) is 22.8 Å². The van der Waals surface area contributed by atoms with Gasteiger partial charge in [-0.2, -0.15) is 18.9 Å². The summed E-state index contributed by atoms with van der Waals surface area (Å²) >= 11 is 0. The lowest BCUT2D eigenvalue weighted by molar-refractivity contribution is 0.515. The van der Waals surface area contributed by atoms with Gasteiger partial charge in [-0.05, 0) is 25.1 Å². The monoisotopic (exact) mass is 275 g/mol. The van der Waals surface area contributed by atoms with Gasteiger partial charge < -0.3 is 4.57 Å². The second kappa shape index (κ2) is 4.52. The highest BCUT2D eigenvalue weighted by atomic mass is 19.1. The zero-order chi connectivity index (χ0) is 14.3. The number of pyridine rings is 1. The predicted octanol–water partition coefficient (Wildman–Crippen LogP) is 2.46. The fraction of sp³-hybridized carbons (Fsp3) is 0.154. The number of hydrogen-bond donors (Lipinski definition) is 1. The maximum atomic E-state index is 13.7. The molecule has 0 saturated heterocycles. The number of rotatable bonds is 2. The first-order valence-corrected chi connectivity index (χ1v) is 5.93. The third kappa shape index (κ3) is 2.07. The molecule has 0 aliphatic heterocycles. The molecule has 0 bridgehead atoms. The topological polar surface area (TPSA) is 59.4 Å². The molecule has 3 rings (SSSR count). The fourth-order valence-electron chi connectivity index (χ4n) is 1.97. The Kier molecular flexibility index (Phi) is 2.81. The number of nitrogens with one attached hydrogen (secondary N) is 1. The third-order valence-electron chi connectivity index (χ3n) is 2.90. The molecule has 3 aromatic rings. The van der Waals surface area contributed by atoms with E-state index in [1.54, 1.807) is 17.8 Å². The molecule has 3 aromatic heterocycles. The van der Waals surface area contributed by atoms with Crippen molar-refractivity contribution in [3.05, 3.63) is 42.0 Å². The molecule has 5 nitrogen and oxygen atoms in total. The number of aromatic nitrogens is 5. The van der Waals surface area contributed by atoms with Crippen LogP contribution in [0, 0.1) is 18.8 Å². The molecule has 0 atom stereocenters. The summed E-state index contributed by atoms with van der Waals surface area (Å²) < 4.78 is 28.2. The van der Waals surface area contributed by atoms with Crippen molar-refractivity contribution >= 4 is 0 Å². The molecule has 0 spiro atoms. The van der Waals surface area contributed by atoms with Gasteiger partial charge in [0.25, 0.3) is 0 Å². The van der Waals surface area contributed by atoms with Crippen molar-refractivity contribution in [3.63, 3.8) is 0 Å². The van der Waals surface area contributed by atoms with Gasteiger partial charge in [0, 0.05) is 18.9 Å². The minimum absolute atomic E-state index is 0.153. The van der Waals surface area contributed by atoms with Crippen molar-refractivity contribution in [2.75, 3.05) is 0 Å². The molecule has 0 radical (unpaired) electrons. The van der Waals surface area contributed by atoms with Crippen molar-refractivity contribution in [2.24, 2.45) is 7.05 Å². The van der Waals surface area contributed by atoms with Gasteiger partial charge in [0.15, 0.2) is 5.82 Å². The SMILES string of the molecule is Cc1cc(-c2nc(-c3ccc(F)nc3F)cn2C)n[nH]1. The first-order valence-electron chi connectivity index (χ1n) is 5.93. The van der Waals surface area contributed by atoms with E-state index in [-0.39, 0.29) is 5.56 Å². The number of nitrogens with zero attached hydrogens (tertiary/aromatic N) is 4. The molecule has 102 valence electrons. The first-order chi connectivity index (χ1) is 9.54. The maximum Gasteiger partial charge on any atom is 0.225 e. The van der Waals surface area contributed by atoms with Crippen LogP contribution in [0.3, 0.4) is 0 Å². The van der Waals surface area contributed by atoms with Gasteiger partial charge in [-0.15, -0.1) is 0 Å². The Morgan fingerprint density at radius 1 is 1.15 bits per heavy atom. The fourth-order valence-corrected chi connectivity index (χ4v) is 1.97. The number of aryl methyl sites for hydroxylation is 2. The Bertz CT molecular complexity index is 775. The van der Waals surface area contributed by atoms with Crippen LogP contribution in [0.5, 0.6) is 0 Å². The van der Waals surface area contributed by atoms with Crippen LogP contribution in [0.2, 0.25) is 0 Å². The summed E-state index contributed by atoms with van der Waals surface area (Å²) in [7, 11) is 1.78. The van der Waals surface area contributed by atoms with Crippen LogP contribution in [-0.2, 0) is 7.05 Å². The number of H-pyrrole nitrogens is 1. The standard InChI is InChI=1S/C13H11F2N5/c1-7-5-9(19-18-7)13-16-10(6-20(13)2)8-3-4-11(14)17-12(8)15/h3-6H,1-2H3,(H,18,19). The van der Waals surface area contributed by atoms with Crippen molar-refractivity contribution in [2.45, 2.75) is 6.92 Å². The van der Waals surface area contributed by atoms with E-state index in [1.165, 1.54) is 6.07 Å². The zero-order valence-corrected chi connectivity index (χ0v) is 10.9. The van der Waals surface area contributed by atoms with E-state index in [2.05, 4.69) is 20.2 Å². The largest absolute Gasteiger partial charge is 0.332 e. The third-order valence-corrected chi connectivity index (χ3v) is 2.90. The van der Waals surface area contributed by atoms with Crippen molar-refractivity contribution in [1.82, 2.24) is 24.7 Å². The molecule has 0 saturated carbocycles. The molecular formula is C13H11F2N5. The quantitative estimate of drug-likeness (QED) is 0.731. The Balaban J connectivity index is 2.08. The molecule has 0 aliphatic carbocycles. The molecule has 20 heavy (non-hydrogen) atoms. The smallest absolute Gasteiger partial charge is 0.225 e. The zero-order valence-electron chi connectivity index (χ0n) is 10.9. The highest BCUT2D eigenvalue weighted by Crippen LogP contribution is 2.24. The second-order valence-electron chi connectivity index (χ2n) is 4.47. The molecule has 7 heteroatoms. The van der Waals surface area contributed by atoms with E-state index in [0.717, 1.165) is 11.8 Å². The normalized spacial score (nSPS) is 11.0. The minimum atomic E-state index is -0.882. The summed E-state index contributed by atoms with van der Waals surface area (Å²) in [5, 5.41) is 6.94. The lowest BCUT2D eigenvalue weighted by Gasteiger charge is -1.97. The van der Waals surface area contributed by atoms with Gasteiger partial charge in [-0.25, -0.2) is 4.98 Å². The number of imidazole rings is 1. The van der Waals surface area contributed by atoms with Crippen LogP contribution in [0.15, 0.2) is 24.4 Å². The Morgan fingerprint density at radius 3 is 2.60 bits per heavy atom. The van der Waals surface area contributed by atoms with Crippen LogP contribution >= 0.6 is 0 Å². The van der Waals surface area contributed by atoms with Crippen LogP contribution in [0.1, 0.15) is 5.69 Å². The highest BCUT2D eigenvalue weighted by molar-refractivity contribution is 5.63. The summed E-state index contributed by atoms with van der Waals surface area (Å²) in [4.78, 5) is 7.49. The molecule has 3 heterocycles. The van der Waals surface area contributed by atoms with E-state index in [0.29, 0.717) is 17.2 Å². The summed E-state index contributed by atoms with van der Waals surface area (Å²) in [6.07, 6.45) is 1.65. The minimum Gasteiger partial charge on any atom is -0.332 e. The molecule has 1 N–H and O–H groups in total. The van der Waals surface area contributed by atoms with E-state index in [1.807, 2.05) is 13.0 Å². The average molecular weight is 275 g/mol. The Hall–Kier alpha value is -2.57. The molecule has 0 unspecified atom stereocenters. The van der Waals surface area contributed by atoms with Gasteiger partial charge in [-0.3, -0.25) is 5.10 Å². The molecule has 0 aromatic carbocycles. The van der Waals surface area contributed by atoms with Crippen molar-refractivity contribution in [1.29, 1.82) is 0 Å². The molecule has 0 amide bonds. The number of halogens is 2. The Morgan fingerprint density at radius 2 is 1.95 bits per heavy atom. The number of aromatic amines is 1. The van der Waals surface area contributed by atoms with Gasteiger partial charge in [0.1, 0.15) is 5.69 Å². The van der Waals surface area contributed by atoms with E-state index in [4.69, 9.17) is 0 Å². The van der Waals surface area contributed by atoms with E-state index >= 15 is 0 Å². The van der Waals surface area contributed by atoms with Gasteiger partial charge in [0.2, 0.25) is 11.9 Å². The van der Waals surface area contributed by atoms with Gasteiger partial charge >= 0.3 is 0 Å². The van der Waals surface area contributed by atoms with Crippen molar-refractivity contribution < 1.29 is 8.78 Å². The summed E-state index contributed by atoms with van der Waals surface area (Å²) in [5.41, 5.74) is 2.10. The van der Waals surface area contributed by atoms with Crippen LogP contribution in [0.25, 0.3) is 22.8 Å². The lowest BCUT2D eigenvalue weighted by atomic mass is 10.2. The first kappa shape index (κ1) is 12.5. The summed E-state index contributed by atoms with van der Waals surface area (Å²) in [6.45, 7) is 1.88. The van der Waals surface area contributed by atoms with Crippen LogP contribution < -0.4 is 0 Å². The number of hydrogen-bond acceptors (Lipinski definition) is 3. The molecule has 0 fully saturated rings. The molecule has 0 aliphatic rings. The lowest BCUT2D eigenvalue weighted by Crippen LogP contribution is -1.92. The molecular weight excluding hydrogens is 264 g/mol. The van der Waals surface area contributed by atoms with E-state index in [9.17, 15) is 8.78 Å².